The van der Waals surface area contributed by atoms with Crippen molar-refractivity contribution in [3.63, 3.8) is 0 Å². The number of fused-ring (bicyclic) bond motifs is 1. The van der Waals surface area contributed by atoms with E-state index in [1.54, 1.807) is 33.7 Å². The topological polar surface area (TPSA) is 37.6 Å². The lowest BCUT2D eigenvalue weighted by atomic mass is 10.2. The minimum Gasteiger partial charge on any atom is -0.322 e. The molecule has 0 spiro atoms. The summed E-state index contributed by atoms with van der Waals surface area (Å²) >= 11 is 0. The standard InChI is InChI=1S/C16H14FN3O/c1-2-19(13-8-4-3-7-12(13)17)16-14(11-21)20-10-6-5-9-15(20)18-16/h3-11H,2H2,1H3. The minimum absolute atomic E-state index is 0.340. The summed E-state index contributed by atoms with van der Waals surface area (Å²) in [4.78, 5) is 17.6. The second-order valence-corrected chi connectivity index (χ2v) is 4.56. The summed E-state index contributed by atoms with van der Waals surface area (Å²) in [5.74, 6) is 0.122. The first-order valence-corrected chi connectivity index (χ1v) is 6.70. The number of rotatable bonds is 4. The molecule has 0 amide bonds. The van der Waals surface area contributed by atoms with Crippen LogP contribution in [-0.2, 0) is 0 Å². The molecule has 0 saturated heterocycles. The number of nitrogens with zero attached hydrogens (tertiary/aromatic N) is 3. The zero-order valence-corrected chi connectivity index (χ0v) is 11.5. The molecule has 0 bridgehead atoms. The first kappa shape index (κ1) is 13.3. The molecule has 2 aromatic heterocycles. The summed E-state index contributed by atoms with van der Waals surface area (Å²) in [6.07, 6.45) is 2.52. The molecule has 0 fully saturated rings. The van der Waals surface area contributed by atoms with Gasteiger partial charge in [-0.25, -0.2) is 9.37 Å². The van der Waals surface area contributed by atoms with Crippen LogP contribution in [0.2, 0.25) is 0 Å². The molecule has 5 heteroatoms. The Morgan fingerprint density at radius 2 is 2.00 bits per heavy atom. The van der Waals surface area contributed by atoms with Crippen LogP contribution in [0.1, 0.15) is 17.4 Å². The molecular weight excluding hydrogens is 269 g/mol. The normalized spacial score (nSPS) is 10.8. The highest BCUT2D eigenvalue weighted by atomic mass is 19.1. The quantitative estimate of drug-likeness (QED) is 0.688. The van der Waals surface area contributed by atoms with Gasteiger partial charge < -0.3 is 4.90 Å². The van der Waals surface area contributed by atoms with Crippen molar-refractivity contribution in [1.82, 2.24) is 9.38 Å². The summed E-state index contributed by atoms with van der Waals surface area (Å²) in [7, 11) is 0. The van der Waals surface area contributed by atoms with Gasteiger partial charge in [-0.3, -0.25) is 9.20 Å². The first-order chi connectivity index (χ1) is 10.3. The van der Waals surface area contributed by atoms with E-state index >= 15 is 0 Å². The summed E-state index contributed by atoms with van der Waals surface area (Å²) in [5.41, 5.74) is 1.48. The molecule has 0 atom stereocenters. The molecule has 0 aliphatic carbocycles. The molecule has 4 nitrogen and oxygen atoms in total. The highest BCUT2D eigenvalue weighted by Gasteiger charge is 2.20. The maximum absolute atomic E-state index is 14.0. The van der Waals surface area contributed by atoms with Gasteiger partial charge in [-0.15, -0.1) is 0 Å². The number of aldehydes is 1. The predicted octanol–water partition coefficient (Wildman–Crippen LogP) is 3.44. The average molecular weight is 283 g/mol. The number of carbonyl (C=O) groups excluding carboxylic acids is 1. The number of imidazole rings is 1. The second-order valence-electron chi connectivity index (χ2n) is 4.56. The van der Waals surface area contributed by atoms with Gasteiger partial charge in [0.15, 0.2) is 12.1 Å². The van der Waals surface area contributed by atoms with Gasteiger partial charge in [0.05, 0.1) is 5.69 Å². The second kappa shape index (κ2) is 5.36. The number of hydrogen-bond acceptors (Lipinski definition) is 3. The zero-order chi connectivity index (χ0) is 14.8. The maximum atomic E-state index is 14.0. The van der Waals surface area contributed by atoms with Gasteiger partial charge in [0.2, 0.25) is 0 Å². The zero-order valence-electron chi connectivity index (χ0n) is 11.5. The largest absolute Gasteiger partial charge is 0.322 e. The van der Waals surface area contributed by atoms with Gasteiger partial charge in [0.25, 0.3) is 0 Å². The summed E-state index contributed by atoms with van der Waals surface area (Å²) in [6, 6.07) is 12.0. The Labute approximate surface area is 121 Å². The van der Waals surface area contributed by atoms with Crippen molar-refractivity contribution >= 4 is 23.4 Å². The number of pyridine rings is 1. The summed E-state index contributed by atoms with van der Waals surface area (Å²) in [6.45, 7) is 2.40. The molecular formula is C16H14FN3O. The molecule has 3 aromatic rings. The van der Waals surface area contributed by atoms with Gasteiger partial charge in [-0.2, -0.15) is 0 Å². The Balaban J connectivity index is 2.22. The molecule has 0 saturated carbocycles. The highest BCUT2D eigenvalue weighted by Crippen LogP contribution is 2.29. The smallest absolute Gasteiger partial charge is 0.170 e. The Bertz CT molecular complexity index is 797. The number of anilines is 2. The molecule has 1 aromatic carbocycles. The van der Waals surface area contributed by atoms with E-state index < -0.39 is 0 Å². The highest BCUT2D eigenvalue weighted by molar-refractivity contribution is 5.85. The average Bonchev–Trinajstić information content (AvgIpc) is 2.88. The van der Waals surface area contributed by atoms with Gasteiger partial charge in [0.1, 0.15) is 17.2 Å². The fourth-order valence-corrected chi connectivity index (χ4v) is 2.42. The van der Waals surface area contributed by atoms with Crippen LogP contribution in [0.4, 0.5) is 15.9 Å². The Hall–Kier alpha value is -2.69. The molecule has 2 heterocycles. The van der Waals surface area contributed by atoms with Crippen LogP contribution in [0.5, 0.6) is 0 Å². The number of benzene rings is 1. The van der Waals surface area contributed by atoms with Crippen molar-refractivity contribution in [2.75, 3.05) is 11.4 Å². The first-order valence-electron chi connectivity index (χ1n) is 6.70. The lowest BCUT2D eigenvalue weighted by molar-refractivity contribution is 0.111. The van der Waals surface area contributed by atoms with Gasteiger partial charge in [-0.05, 0) is 31.2 Å². The van der Waals surface area contributed by atoms with Gasteiger partial charge in [0, 0.05) is 12.7 Å². The lowest BCUT2D eigenvalue weighted by Crippen LogP contribution is -2.19. The van der Waals surface area contributed by atoms with E-state index in [4.69, 9.17) is 0 Å². The van der Waals surface area contributed by atoms with Crippen molar-refractivity contribution in [1.29, 1.82) is 0 Å². The van der Waals surface area contributed by atoms with Crippen LogP contribution in [-0.4, -0.2) is 22.2 Å². The van der Waals surface area contributed by atoms with Crippen molar-refractivity contribution in [2.45, 2.75) is 6.92 Å². The number of hydrogen-bond donors (Lipinski definition) is 0. The van der Waals surface area contributed by atoms with E-state index in [9.17, 15) is 9.18 Å². The number of carbonyl (C=O) groups is 1. The third-order valence-corrected chi connectivity index (χ3v) is 3.37. The number of aromatic nitrogens is 2. The van der Waals surface area contributed by atoms with Crippen LogP contribution in [0, 0.1) is 5.82 Å². The van der Waals surface area contributed by atoms with Crippen LogP contribution >= 0.6 is 0 Å². The van der Waals surface area contributed by atoms with E-state index in [0.29, 0.717) is 29.4 Å². The molecule has 0 radical (unpaired) electrons. The lowest BCUT2D eigenvalue weighted by Gasteiger charge is -2.21. The summed E-state index contributed by atoms with van der Waals surface area (Å²) in [5, 5.41) is 0. The fourth-order valence-electron chi connectivity index (χ4n) is 2.42. The van der Waals surface area contributed by atoms with Crippen LogP contribution < -0.4 is 4.90 Å². The van der Waals surface area contributed by atoms with Crippen molar-refractivity contribution in [3.05, 3.63) is 60.2 Å². The number of halogens is 1. The maximum Gasteiger partial charge on any atom is 0.170 e. The van der Waals surface area contributed by atoms with E-state index in [-0.39, 0.29) is 5.82 Å². The van der Waals surface area contributed by atoms with E-state index in [0.717, 1.165) is 6.29 Å². The van der Waals surface area contributed by atoms with Crippen molar-refractivity contribution in [2.24, 2.45) is 0 Å². The molecule has 21 heavy (non-hydrogen) atoms. The van der Waals surface area contributed by atoms with Gasteiger partial charge >= 0.3 is 0 Å². The predicted molar refractivity (Wildman–Crippen MR) is 79.7 cm³/mol. The van der Waals surface area contributed by atoms with Crippen LogP contribution in [0.25, 0.3) is 5.65 Å². The molecule has 0 aliphatic rings. The minimum atomic E-state index is -0.340. The fraction of sp³-hybridized carbons (Fsp3) is 0.125. The van der Waals surface area contributed by atoms with Crippen LogP contribution in [0.15, 0.2) is 48.7 Å². The molecule has 0 aliphatic heterocycles. The van der Waals surface area contributed by atoms with Crippen LogP contribution in [0.3, 0.4) is 0 Å². The van der Waals surface area contributed by atoms with E-state index in [1.807, 2.05) is 25.1 Å². The van der Waals surface area contributed by atoms with Gasteiger partial charge in [-0.1, -0.05) is 18.2 Å². The van der Waals surface area contributed by atoms with Crippen molar-refractivity contribution in [3.8, 4) is 0 Å². The number of para-hydroxylation sites is 1. The van der Waals surface area contributed by atoms with E-state index in [2.05, 4.69) is 4.98 Å². The third-order valence-electron chi connectivity index (χ3n) is 3.37. The monoisotopic (exact) mass is 283 g/mol. The molecule has 0 unspecified atom stereocenters. The Morgan fingerprint density at radius 3 is 2.71 bits per heavy atom. The molecule has 0 N–H and O–H groups in total. The third kappa shape index (κ3) is 2.16. The molecule has 3 rings (SSSR count). The SMILES string of the molecule is CCN(c1ccccc1F)c1nc2ccccn2c1C=O. The van der Waals surface area contributed by atoms with E-state index in [1.165, 1.54) is 6.07 Å². The summed E-state index contributed by atoms with van der Waals surface area (Å²) < 4.78 is 15.7. The van der Waals surface area contributed by atoms with Crippen molar-refractivity contribution < 1.29 is 9.18 Å². The Morgan fingerprint density at radius 1 is 1.24 bits per heavy atom. The molecule has 106 valence electrons. The Kier molecular flexibility index (Phi) is 3.39.